The Morgan fingerprint density at radius 2 is 2.17 bits per heavy atom. The van der Waals surface area contributed by atoms with Crippen molar-refractivity contribution in [2.45, 2.75) is 19.0 Å². The van der Waals surface area contributed by atoms with E-state index in [4.69, 9.17) is 0 Å². The van der Waals surface area contributed by atoms with E-state index in [0.29, 0.717) is 11.6 Å². The van der Waals surface area contributed by atoms with Crippen LogP contribution in [-0.4, -0.2) is 27.3 Å². The number of anilines is 1. The van der Waals surface area contributed by atoms with Gasteiger partial charge < -0.3 is 5.32 Å². The molecule has 98 valence electrons. The van der Waals surface area contributed by atoms with Gasteiger partial charge in [0.05, 0.1) is 4.47 Å². The Morgan fingerprint density at radius 1 is 1.39 bits per heavy atom. The molecule has 0 aliphatic rings. The maximum absolute atomic E-state index is 11.9. The zero-order valence-corrected chi connectivity index (χ0v) is 10.8. The number of aromatic nitrogens is 3. The Kier molecular flexibility index (Phi) is 3.74. The molecule has 0 saturated carbocycles. The molecule has 0 spiro atoms. The van der Waals surface area contributed by atoms with Crippen LogP contribution in [0.2, 0.25) is 0 Å². The summed E-state index contributed by atoms with van der Waals surface area (Å²) in [5.74, 6) is 0.323. The van der Waals surface area contributed by atoms with Gasteiger partial charge in [-0.25, -0.2) is 4.52 Å². The van der Waals surface area contributed by atoms with Crippen LogP contribution in [-0.2, 0) is 0 Å². The predicted octanol–water partition coefficient (Wildman–Crippen LogP) is 3.25. The van der Waals surface area contributed by atoms with Crippen molar-refractivity contribution in [3.8, 4) is 0 Å². The third kappa shape index (κ3) is 3.34. The number of pyridine rings is 1. The average molecular weight is 323 g/mol. The molecule has 4 nitrogen and oxygen atoms in total. The lowest BCUT2D eigenvalue weighted by Crippen LogP contribution is -2.11. The summed E-state index contributed by atoms with van der Waals surface area (Å²) in [4.78, 5) is 4.16. The predicted molar refractivity (Wildman–Crippen MR) is 64.5 cm³/mol. The van der Waals surface area contributed by atoms with Gasteiger partial charge in [0.15, 0.2) is 5.65 Å². The second-order valence-corrected chi connectivity index (χ2v) is 4.56. The first-order chi connectivity index (χ1) is 8.46. The van der Waals surface area contributed by atoms with Crippen LogP contribution in [0.15, 0.2) is 22.8 Å². The maximum atomic E-state index is 11.9. The minimum Gasteiger partial charge on any atom is -0.353 e. The molecule has 0 radical (unpaired) electrons. The van der Waals surface area contributed by atoms with Gasteiger partial charge in [-0.15, -0.1) is 5.10 Å². The first-order valence-corrected chi connectivity index (χ1v) is 6.06. The number of alkyl halides is 3. The first-order valence-electron chi connectivity index (χ1n) is 5.27. The van der Waals surface area contributed by atoms with Crippen molar-refractivity contribution in [1.29, 1.82) is 0 Å². The fourth-order valence-corrected chi connectivity index (χ4v) is 1.86. The van der Waals surface area contributed by atoms with E-state index in [1.165, 1.54) is 0 Å². The maximum Gasteiger partial charge on any atom is 0.389 e. The van der Waals surface area contributed by atoms with Gasteiger partial charge >= 0.3 is 6.18 Å². The van der Waals surface area contributed by atoms with E-state index in [1.807, 2.05) is 6.07 Å². The summed E-state index contributed by atoms with van der Waals surface area (Å²) >= 11 is 3.32. The van der Waals surface area contributed by atoms with E-state index in [-0.39, 0.29) is 13.0 Å². The Morgan fingerprint density at radius 3 is 2.83 bits per heavy atom. The molecule has 0 aliphatic carbocycles. The van der Waals surface area contributed by atoms with E-state index in [2.05, 4.69) is 31.3 Å². The van der Waals surface area contributed by atoms with Gasteiger partial charge in [-0.05, 0) is 34.5 Å². The Bertz CT molecular complexity index is 537. The molecule has 0 aromatic carbocycles. The monoisotopic (exact) mass is 322 g/mol. The third-order valence-corrected chi connectivity index (χ3v) is 2.85. The fraction of sp³-hybridized carbons (Fsp3) is 0.400. The van der Waals surface area contributed by atoms with E-state index >= 15 is 0 Å². The minimum atomic E-state index is -4.11. The number of rotatable bonds is 4. The van der Waals surface area contributed by atoms with Crippen LogP contribution in [0.25, 0.3) is 5.65 Å². The molecule has 0 fully saturated rings. The largest absolute Gasteiger partial charge is 0.389 e. The van der Waals surface area contributed by atoms with Gasteiger partial charge in [0.2, 0.25) is 5.95 Å². The highest BCUT2D eigenvalue weighted by molar-refractivity contribution is 9.10. The average Bonchev–Trinajstić information content (AvgIpc) is 2.68. The molecule has 18 heavy (non-hydrogen) atoms. The molecule has 2 aromatic rings. The zero-order chi connectivity index (χ0) is 13.2. The zero-order valence-electron chi connectivity index (χ0n) is 9.21. The first kappa shape index (κ1) is 13.1. The van der Waals surface area contributed by atoms with Crippen molar-refractivity contribution in [1.82, 2.24) is 14.6 Å². The minimum absolute atomic E-state index is 0.000220. The number of nitrogens with one attached hydrogen (secondary N) is 1. The summed E-state index contributed by atoms with van der Waals surface area (Å²) < 4.78 is 38.1. The lowest BCUT2D eigenvalue weighted by molar-refractivity contribution is -0.134. The standard InChI is InChI=1S/C10H10BrF3N4/c11-7-3-1-6-18-8(7)16-9(17-18)15-5-2-4-10(12,13)14/h1,3,6H,2,4-5H2,(H,15,17). The van der Waals surface area contributed by atoms with Crippen LogP contribution in [0.4, 0.5) is 19.1 Å². The number of fused-ring (bicyclic) bond motifs is 1. The topological polar surface area (TPSA) is 42.2 Å². The van der Waals surface area contributed by atoms with Crippen LogP contribution >= 0.6 is 15.9 Å². The van der Waals surface area contributed by atoms with Crippen molar-refractivity contribution in [3.05, 3.63) is 22.8 Å². The molecule has 0 aliphatic heterocycles. The molecule has 8 heteroatoms. The quantitative estimate of drug-likeness (QED) is 0.879. The highest BCUT2D eigenvalue weighted by Crippen LogP contribution is 2.21. The van der Waals surface area contributed by atoms with Crippen molar-refractivity contribution in [2.75, 3.05) is 11.9 Å². The number of nitrogens with zero attached hydrogens (tertiary/aromatic N) is 3. The highest BCUT2D eigenvalue weighted by atomic mass is 79.9. The molecule has 0 unspecified atom stereocenters. The molecular formula is C10H10BrF3N4. The third-order valence-electron chi connectivity index (χ3n) is 2.23. The second kappa shape index (κ2) is 5.13. The Hall–Kier alpha value is -1.31. The van der Waals surface area contributed by atoms with Crippen LogP contribution in [0.3, 0.4) is 0 Å². The van der Waals surface area contributed by atoms with Gasteiger partial charge in [0, 0.05) is 19.2 Å². The van der Waals surface area contributed by atoms with E-state index < -0.39 is 12.6 Å². The molecule has 2 aromatic heterocycles. The lowest BCUT2D eigenvalue weighted by Gasteiger charge is -2.05. The van der Waals surface area contributed by atoms with Gasteiger partial charge in [-0.1, -0.05) is 0 Å². The van der Waals surface area contributed by atoms with E-state index in [1.54, 1.807) is 16.8 Å². The molecule has 1 N–H and O–H groups in total. The van der Waals surface area contributed by atoms with E-state index in [0.717, 1.165) is 4.47 Å². The van der Waals surface area contributed by atoms with Crippen molar-refractivity contribution in [2.24, 2.45) is 0 Å². The van der Waals surface area contributed by atoms with Gasteiger partial charge in [0.25, 0.3) is 0 Å². The summed E-state index contributed by atoms with van der Waals surface area (Å²) in [5, 5.41) is 6.86. The van der Waals surface area contributed by atoms with Crippen molar-refractivity contribution < 1.29 is 13.2 Å². The highest BCUT2D eigenvalue weighted by Gasteiger charge is 2.25. The van der Waals surface area contributed by atoms with Crippen LogP contribution in [0.1, 0.15) is 12.8 Å². The molecule has 2 rings (SSSR count). The lowest BCUT2D eigenvalue weighted by atomic mass is 10.3. The van der Waals surface area contributed by atoms with Crippen molar-refractivity contribution in [3.63, 3.8) is 0 Å². The Labute approximate surface area is 109 Å². The molecular weight excluding hydrogens is 313 g/mol. The number of hydrogen-bond acceptors (Lipinski definition) is 3. The summed E-state index contributed by atoms with van der Waals surface area (Å²) in [7, 11) is 0. The van der Waals surface area contributed by atoms with Crippen LogP contribution in [0, 0.1) is 0 Å². The summed E-state index contributed by atoms with van der Waals surface area (Å²) in [6.45, 7) is 0.189. The van der Waals surface area contributed by atoms with Crippen LogP contribution in [0.5, 0.6) is 0 Å². The number of halogens is 4. The fourth-order valence-electron chi connectivity index (χ4n) is 1.44. The van der Waals surface area contributed by atoms with Gasteiger partial charge in [-0.3, -0.25) is 0 Å². The van der Waals surface area contributed by atoms with E-state index in [9.17, 15) is 13.2 Å². The summed E-state index contributed by atoms with van der Waals surface area (Å²) in [6.07, 6.45) is -3.21. The van der Waals surface area contributed by atoms with Gasteiger partial charge in [0.1, 0.15) is 0 Å². The molecule has 0 saturated heterocycles. The molecule has 0 amide bonds. The smallest absolute Gasteiger partial charge is 0.353 e. The van der Waals surface area contributed by atoms with Gasteiger partial charge in [-0.2, -0.15) is 18.2 Å². The second-order valence-electron chi connectivity index (χ2n) is 3.71. The van der Waals surface area contributed by atoms with Crippen molar-refractivity contribution >= 4 is 27.5 Å². The van der Waals surface area contributed by atoms with Crippen LogP contribution < -0.4 is 5.32 Å². The summed E-state index contributed by atoms with van der Waals surface area (Å²) in [6, 6.07) is 3.61. The Balaban J connectivity index is 1.94. The molecule has 0 atom stereocenters. The normalized spacial score (nSPS) is 12.0. The SMILES string of the molecule is FC(F)(F)CCCNc1nc2c(Br)cccn2n1. The summed E-state index contributed by atoms with van der Waals surface area (Å²) in [5.41, 5.74) is 0.621. The molecule has 2 heterocycles. The number of hydrogen-bond donors (Lipinski definition) is 1. The molecule has 0 bridgehead atoms.